The molecule has 7 rings (SSSR count). The third-order valence-corrected chi connectivity index (χ3v) is 13.3. The topological polar surface area (TPSA) is 159 Å². The Labute approximate surface area is 368 Å². The highest BCUT2D eigenvalue weighted by Crippen LogP contribution is 2.41. The fourth-order valence-electron chi connectivity index (χ4n) is 9.29. The lowest BCUT2D eigenvalue weighted by Crippen LogP contribution is -2.62. The molecule has 6 heterocycles. The molecule has 14 nitrogen and oxygen atoms in total. The molecule has 15 heteroatoms. The fraction of sp³-hybridized carbons (Fsp3) is 0.511. The number of carbonyl (C=O) groups excluding carboxylic acids is 5. The summed E-state index contributed by atoms with van der Waals surface area (Å²) in [5.74, 6) is -2.40. The molecule has 2 saturated heterocycles. The Morgan fingerprint density at radius 1 is 1.11 bits per heavy atom. The summed E-state index contributed by atoms with van der Waals surface area (Å²) in [6.45, 7) is 16.9. The van der Waals surface area contributed by atoms with Gasteiger partial charge in [0.25, 0.3) is 5.91 Å². The Morgan fingerprint density at radius 3 is 2.61 bits per heavy atom. The highest BCUT2D eigenvalue weighted by Gasteiger charge is 2.40. The van der Waals surface area contributed by atoms with E-state index in [2.05, 4.69) is 80.9 Å². The van der Waals surface area contributed by atoms with Gasteiger partial charge in [0.1, 0.15) is 18.1 Å². The second-order valence-electron chi connectivity index (χ2n) is 18.5. The van der Waals surface area contributed by atoms with Crippen LogP contribution in [0.3, 0.4) is 0 Å². The SMILES string of the molecule is C=CC(=O)N1CC[C@H](C(=O)N(C)[C@H](C(=O)N[C@H]2Cc3nc(cs3)-c3ccc4c(c3)c(c(-c3cccnc3C(C)C)n4C)CC(C)(C)COC(=O)[C@@H]3CCCN(N3)C2=O)C(C)C)C1. The molecular weight excluding hydrogens is 805 g/mol. The number of pyridine rings is 1. The number of benzene rings is 1. The number of rotatable bonds is 8. The summed E-state index contributed by atoms with van der Waals surface area (Å²) in [5.41, 5.74) is 9.64. The van der Waals surface area contributed by atoms with E-state index in [0.717, 1.165) is 44.7 Å². The first-order valence-corrected chi connectivity index (χ1v) is 22.6. The number of carbonyl (C=O) groups is 5. The predicted octanol–water partition coefficient (Wildman–Crippen LogP) is 5.65. The number of aromatic nitrogens is 3. The third-order valence-electron chi connectivity index (χ3n) is 12.5. The molecule has 6 bridgehead atoms. The molecule has 4 aromatic rings. The van der Waals surface area contributed by atoms with Crippen molar-refractivity contribution in [1.29, 1.82) is 0 Å². The number of thiazole rings is 1. The summed E-state index contributed by atoms with van der Waals surface area (Å²) in [6, 6.07) is 7.71. The van der Waals surface area contributed by atoms with Gasteiger partial charge in [0, 0.05) is 79.2 Å². The van der Waals surface area contributed by atoms with Gasteiger partial charge in [-0.2, -0.15) is 0 Å². The second-order valence-corrected chi connectivity index (χ2v) is 19.4. The van der Waals surface area contributed by atoms with Crippen LogP contribution in [-0.2, 0) is 48.6 Å². The van der Waals surface area contributed by atoms with Crippen molar-refractivity contribution in [2.45, 2.75) is 97.7 Å². The molecular formula is C47H60N8O6S. The first-order valence-electron chi connectivity index (χ1n) is 21.7. The molecule has 3 aliphatic rings. The zero-order valence-electron chi connectivity index (χ0n) is 37.2. The third kappa shape index (κ3) is 9.05. The van der Waals surface area contributed by atoms with Crippen LogP contribution >= 0.6 is 11.3 Å². The number of ether oxygens (including phenoxy) is 1. The van der Waals surface area contributed by atoms with E-state index in [1.54, 1.807) is 11.9 Å². The maximum atomic E-state index is 14.5. The number of aryl methyl sites for hydroxylation is 1. The lowest BCUT2D eigenvalue weighted by molar-refractivity contribution is -0.155. The van der Waals surface area contributed by atoms with Crippen molar-refractivity contribution < 1.29 is 28.7 Å². The molecule has 4 atom stereocenters. The molecule has 3 aromatic heterocycles. The van der Waals surface area contributed by atoms with Crippen LogP contribution in [0.2, 0.25) is 0 Å². The quantitative estimate of drug-likeness (QED) is 0.169. The van der Waals surface area contributed by atoms with Gasteiger partial charge in [-0.25, -0.2) is 10.4 Å². The van der Waals surface area contributed by atoms with Gasteiger partial charge in [-0.05, 0) is 73.4 Å². The van der Waals surface area contributed by atoms with E-state index in [-0.39, 0.29) is 43.2 Å². The van der Waals surface area contributed by atoms with Crippen LogP contribution < -0.4 is 10.7 Å². The Bertz CT molecular complexity index is 2380. The minimum atomic E-state index is -1.07. The van der Waals surface area contributed by atoms with Crippen LogP contribution in [0.5, 0.6) is 0 Å². The van der Waals surface area contributed by atoms with Gasteiger partial charge >= 0.3 is 5.97 Å². The van der Waals surface area contributed by atoms with Crippen molar-refractivity contribution in [3.05, 3.63) is 70.8 Å². The maximum Gasteiger partial charge on any atom is 0.324 e. The van der Waals surface area contributed by atoms with E-state index in [0.29, 0.717) is 43.8 Å². The number of esters is 1. The highest BCUT2D eigenvalue weighted by atomic mass is 32.1. The van der Waals surface area contributed by atoms with Crippen LogP contribution in [0.15, 0.2) is 54.6 Å². The molecule has 3 aliphatic heterocycles. The average Bonchev–Trinajstić information content (AvgIpc) is 4.00. The Kier molecular flexibility index (Phi) is 13.1. The Balaban J connectivity index is 1.25. The van der Waals surface area contributed by atoms with Gasteiger partial charge in [0.15, 0.2) is 0 Å². The van der Waals surface area contributed by atoms with Crippen molar-refractivity contribution in [3.63, 3.8) is 0 Å². The molecule has 0 saturated carbocycles. The minimum absolute atomic E-state index is 0.0857. The molecule has 62 heavy (non-hydrogen) atoms. The van der Waals surface area contributed by atoms with Crippen LogP contribution in [0.25, 0.3) is 33.4 Å². The lowest BCUT2D eigenvalue weighted by atomic mass is 9.84. The molecule has 1 aromatic carbocycles. The maximum absolute atomic E-state index is 14.5. The smallest absolute Gasteiger partial charge is 0.324 e. The fourth-order valence-corrected chi connectivity index (χ4v) is 10.1. The summed E-state index contributed by atoms with van der Waals surface area (Å²) in [4.78, 5) is 81.7. The Morgan fingerprint density at radius 2 is 1.89 bits per heavy atom. The summed E-state index contributed by atoms with van der Waals surface area (Å²) in [7, 11) is 3.68. The van der Waals surface area contributed by atoms with Gasteiger partial charge < -0.3 is 24.4 Å². The van der Waals surface area contributed by atoms with E-state index >= 15 is 0 Å². The van der Waals surface area contributed by atoms with Gasteiger partial charge in [-0.1, -0.05) is 54.2 Å². The van der Waals surface area contributed by atoms with Crippen LogP contribution in [0, 0.1) is 17.3 Å². The molecule has 0 radical (unpaired) electrons. The summed E-state index contributed by atoms with van der Waals surface area (Å²) in [5, 5.41) is 8.12. The highest BCUT2D eigenvalue weighted by molar-refractivity contribution is 7.10. The minimum Gasteiger partial charge on any atom is -0.464 e. The zero-order valence-corrected chi connectivity index (χ0v) is 38.0. The number of nitrogens with zero attached hydrogens (tertiary/aromatic N) is 6. The molecule has 2 fully saturated rings. The van der Waals surface area contributed by atoms with E-state index in [1.165, 1.54) is 27.3 Å². The molecule has 0 spiro atoms. The van der Waals surface area contributed by atoms with Gasteiger partial charge in [-0.3, -0.25) is 34.0 Å². The number of hydrazine groups is 1. The summed E-state index contributed by atoms with van der Waals surface area (Å²) in [6.07, 6.45) is 5.28. The lowest BCUT2D eigenvalue weighted by Gasteiger charge is -2.36. The van der Waals surface area contributed by atoms with Crippen molar-refractivity contribution >= 4 is 51.8 Å². The van der Waals surface area contributed by atoms with Crippen molar-refractivity contribution in [2.24, 2.45) is 24.3 Å². The predicted molar refractivity (Wildman–Crippen MR) is 240 cm³/mol. The van der Waals surface area contributed by atoms with E-state index in [1.807, 2.05) is 31.5 Å². The first kappa shape index (κ1) is 44.6. The zero-order chi connectivity index (χ0) is 44.6. The molecule has 0 aliphatic carbocycles. The normalized spacial score (nSPS) is 21.2. The standard InChI is InChI=1S/C47H60N8O6S/c1-10-39(56)54-20-17-30(24-54)44(58)53(9)41(28(4)5)43(57)50-35-22-38-49-36(25-62-38)29-15-16-37-32(21-29)33(42(52(37)8)31-13-11-18-48-40(31)27(2)3)23-47(6,7)26-61-46(60)34-14-12-19-55(51-34)45(35)59/h10-11,13,15-16,18,21,25,27-28,30,34-35,41,51H,1,12,14,17,19-20,22-24,26H2,2-9H3,(H,50,57)/t30-,34-,35-,41-/m0/s1. The van der Waals surface area contributed by atoms with Crippen molar-refractivity contribution in [2.75, 3.05) is 33.3 Å². The molecule has 0 unspecified atom stereocenters. The average molecular weight is 865 g/mol. The van der Waals surface area contributed by atoms with Gasteiger partial charge in [0.2, 0.25) is 17.7 Å². The van der Waals surface area contributed by atoms with Crippen molar-refractivity contribution in [3.8, 4) is 22.5 Å². The molecule has 4 amide bonds. The number of hydrogen-bond acceptors (Lipinski definition) is 10. The number of hydrogen-bond donors (Lipinski definition) is 2. The Hall–Kier alpha value is -5.41. The summed E-state index contributed by atoms with van der Waals surface area (Å²) < 4.78 is 8.31. The number of cyclic esters (lactones) is 1. The molecule has 330 valence electrons. The van der Waals surface area contributed by atoms with E-state index in [9.17, 15) is 24.0 Å². The first-order chi connectivity index (χ1) is 29.5. The van der Waals surface area contributed by atoms with Crippen molar-refractivity contribution in [1.82, 2.24) is 40.1 Å². The monoisotopic (exact) mass is 864 g/mol. The summed E-state index contributed by atoms with van der Waals surface area (Å²) >= 11 is 1.41. The number of nitrogens with one attached hydrogen (secondary N) is 2. The van der Waals surface area contributed by atoms with Crippen LogP contribution in [0.4, 0.5) is 0 Å². The van der Waals surface area contributed by atoms with Crippen LogP contribution in [0.1, 0.15) is 83.0 Å². The number of likely N-dealkylation sites (tertiary alicyclic amines) is 1. The number of fused-ring (bicyclic) bond motifs is 6. The van der Waals surface area contributed by atoms with Gasteiger partial charge in [-0.15, -0.1) is 11.3 Å². The van der Waals surface area contributed by atoms with Gasteiger partial charge in [0.05, 0.1) is 34.6 Å². The molecule has 2 N–H and O–H groups in total. The second kappa shape index (κ2) is 18.1. The van der Waals surface area contributed by atoms with E-state index < -0.39 is 47.2 Å². The largest absolute Gasteiger partial charge is 0.464 e. The van der Waals surface area contributed by atoms with Crippen LogP contribution in [-0.4, -0.2) is 110 Å². The van der Waals surface area contributed by atoms with E-state index in [4.69, 9.17) is 14.7 Å². The number of likely N-dealkylation sites (N-methyl/N-ethyl adjacent to an activating group) is 1. The number of amides is 4.